The van der Waals surface area contributed by atoms with Crippen LogP contribution in [-0.4, -0.2) is 31.4 Å². The molecule has 0 atom stereocenters. The zero-order valence-corrected chi connectivity index (χ0v) is 7.63. The minimum Gasteiger partial charge on any atom is -0.372 e. The molecule has 0 aromatic heterocycles. The summed E-state index contributed by atoms with van der Waals surface area (Å²) in [6, 6.07) is 0. The van der Waals surface area contributed by atoms with Gasteiger partial charge in [0.15, 0.2) is 0 Å². The number of carbonyl (C=O) groups excluding carboxylic acids is 1. The summed E-state index contributed by atoms with van der Waals surface area (Å²) < 4.78 is 0. The van der Waals surface area contributed by atoms with E-state index in [4.69, 9.17) is 4.79 Å². The average Bonchev–Trinajstić information content (AvgIpc) is 2.11. The third-order valence-corrected chi connectivity index (χ3v) is 1.87. The van der Waals surface area contributed by atoms with Crippen LogP contribution in [0.25, 0.3) is 0 Å². The van der Waals surface area contributed by atoms with Crippen molar-refractivity contribution in [3.05, 3.63) is 0 Å². The van der Waals surface area contributed by atoms with Crippen LogP contribution in [0.1, 0.15) is 20.3 Å². The van der Waals surface area contributed by atoms with E-state index < -0.39 is 0 Å². The third-order valence-electron chi connectivity index (χ3n) is 1.87. The molecule has 0 radical (unpaired) electrons. The van der Waals surface area contributed by atoms with Crippen LogP contribution in [0, 0.1) is 5.41 Å². The van der Waals surface area contributed by atoms with Gasteiger partial charge < -0.3 is 10.6 Å². The first-order valence-corrected chi connectivity index (χ1v) is 3.86. The largest absolute Gasteiger partial charge is 0.372 e. The fraction of sp³-hybridized carbons (Fsp3) is 0.875. The molecule has 0 aromatic rings. The Morgan fingerprint density at radius 1 is 1.55 bits per heavy atom. The van der Waals surface area contributed by atoms with E-state index in [1.807, 2.05) is 0 Å². The van der Waals surface area contributed by atoms with Crippen molar-refractivity contribution in [3.8, 4) is 0 Å². The van der Waals surface area contributed by atoms with Crippen molar-refractivity contribution in [2.45, 2.75) is 20.3 Å². The summed E-state index contributed by atoms with van der Waals surface area (Å²) in [6.07, 6.45) is 1.61. The first kappa shape index (κ1) is 10.4. The zero-order valence-electron chi connectivity index (χ0n) is 7.63. The summed E-state index contributed by atoms with van der Waals surface area (Å²) in [5.74, 6) is 0. The van der Waals surface area contributed by atoms with E-state index in [-0.39, 0.29) is 6.41 Å². The maximum absolute atomic E-state index is 8.58. The molecule has 1 rings (SSSR count). The molecule has 3 heteroatoms. The van der Waals surface area contributed by atoms with E-state index in [1.54, 1.807) is 0 Å². The molecule has 1 saturated heterocycles. The topological polar surface area (TPSA) is 46.3 Å². The fourth-order valence-corrected chi connectivity index (χ4v) is 1.38. The van der Waals surface area contributed by atoms with E-state index in [0.29, 0.717) is 5.41 Å². The van der Waals surface area contributed by atoms with Crippen molar-refractivity contribution >= 4 is 6.41 Å². The van der Waals surface area contributed by atoms with E-state index in [9.17, 15) is 0 Å². The molecule has 3 nitrogen and oxygen atoms in total. The Hall–Kier alpha value is -0.570. The molecular formula is C8H18N2O. The number of hydrogen-bond donors (Lipinski definition) is 1. The average molecular weight is 158 g/mol. The van der Waals surface area contributed by atoms with E-state index in [0.717, 1.165) is 0 Å². The van der Waals surface area contributed by atoms with Gasteiger partial charge in [0.05, 0.1) is 0 Å². The smallest absolute Gasteiger partial charge is 0.204 e. The van der Waals surface area contributed by atoms with Gasteiger partial charge in [0.2, 0.25) is 6.41 Å². The molecule has 0 bridgehead atoms. The number of rotatable bonds is 0. The Bertz CT molecular complexity index is 123. The van der Waals surface area contributed by atoms with E-state index in [1.165, 1.54) is 19.5 Å². The summed E-state index contributed by atoms with van der Waals surface area (Å²) in [5, 5.41) is 0. The number of amides is 1. The Labute approximate surface area is 68.6 Å². The minimum absolute atomic E-state index is 0.250. The van der Waals surface area contributed by atoms with Crippen molar-refractivity contribution in [3.63, 3.8) is 0 Å². The first-order valence-electron chi connectivity index (χ1n) is 3.86. The second-order valence-electron chi connectivity index (χ2n) is 3.79. The molecule has 0 spiro atoms. The van der Waals surface area contributed by atoms with Crippen LogP contribution in [-0.2, 0) is 4.79 Å². The third kappa shape index (κ3) is 4.79. The number of nitrogens with two attached hydrogens (primary N) is 1. The Kier molecular flexibility index (Phi) is 4.11. The summed E-state index contributed by atoms with van der Waals surface area (Å²) in [5.41, 5.74) is 4.76. The van der Waals surface area contributed by atoms with E-state index >= 15 is 0 Å². The van der Waals surface area contributed by atoms with Gasteiger partial charge in [-0.05, 0) is 25.4 Å². The van der Waals surface area contributed by atoms with Crippen molar-refractivity contribution in [2.75, 3.05) is 20.1 Å². The van der Waals surface area contributed by atoms with Gasteiger partial charge in [-0.1, -0.05) is 13.8 Å². The van der Waals surface area contributed by atoms with Gasteiger partial charge in [0.1, 0.15) is 0 Å². The second-order valence-corrected chi connectivity index (χ2v) is 3.79. The summed E-state index contributed by atoms with van der Waals surface area (Å²) in [4.78, 5) is 11.0. The maximum Gasteiger partial charge on any atom is 0.204 e. The van der Waals surface area contributed by atoms with Gasteiger partial charge in [0, 0.05) is 6.54 Å². The zero-order chi connectivity index (χ0) is 8.91. The van der Waals surface area contributed by atoms with Crippen LogP contribution >= 0.6 is 0 Å². The number of primary amides is 1. The van der Waals surface area contributed by atoms with Crippen LogP contribution in [0.3, 0.4) is 0 Å². The van der Waals surface area contributed by atoms with Crippen LogP contribution in [0.5, 0.6) is 0 Å². The molecule has 1 fully saturated rings. The molecular weight excluding hydrogens is 140 g/mol. The van der Waals surface area contributed by atoms with Gasteiger partial charge in [-0.15, -0.1) is 0 Å². The predicted molar refractivity (Wildman–Crippen MR) is 46.1 cm³/mol. The second kappa shape index (κ2) is 4.34. The van der Waals surface area contributed by atoms with Crippen molar-refractivity contribution in [1.82, 2.24) is 4.90 Å². The minimum atomic E-state index is 0.250. The molecule has 2 N–H and O–H groups in total. The van der Waals surface area contributed by atoms with Crippen LogP contribution < -0.4 is 5.73 Å². The Balaban J connectivity index is 0.000000292. The van der Waals surface area contributed by atoms with Crippen LogP contribution in [0.4, 0.5) is 0 Å². The lowest BCUT2D eigenvalue weighted by Crippen LogP contribution is -2.18. The molecule has 11 heavy (non-hydrogen) atoms. The normalized spacial score (nSPS) is 22.1. The highest BCUT2D eigenvalue weighted by molar-refractivity contribution is 5.42. The lowest BCUT2D eigenvalue weighted by molar-refractivity contribution is -0.106. The lowest BCUT2D eigenvalue weighted by Gasteiger charge is -2.15. The first-order chi connectivity index (χ1) is 5.02. The molecule has 0 unspecified atom stereocenters. The van der Waals surface area contributed by atoms with Gasteiger partial charge in [-0.2, -0.15) is 0 Å². The van der Waals surface area contributed by atoms with Crippen molar-refractivity contribution in [2.24, 2.45) is 11.1 Å². The van der Waals surface area contributed by atoms with Gasteiger partial charge >= 0.3 is 0 Å². The standard InChI is InChI=1S/C7H15N.CH3NO/c1-7(2)4-5-8(3)6-7;2-1-3/h4-6H2,1-3H3;1H,(H2,2,3). The lowest BCUT2D eigenvalue weighted by atomic mass is 9.93. The summed E-state index contributed by atoms with van der Waals surface area (Å²) in [6.45, 7) is 7.22. The highest BCUT2D eigenvalue weighted by atomic mass is 16.1. The highest BCUT2D eigenvalue weighted by Gasteiger charge is 2.26. The van der Waals surface area contributed by atoms with Gasteiger partial charge in [-0.25, -0.2) is 0 Å². The Morgan fingerprint density at radius 3 is 2.09 bits per heavy atom. The maximum atomic E-state index is 8.58. The monoisotopic (exact) mass is 158 g/mol. The molecule has 0 saturated carbocycles. The Morgan fingerprint density at radius 2 is 2.00 bits per heavy atom. The predicted octanol–water partition coefficient (Wildman–Crippen LogP) is 0.450. The van der Waals surface area contributed by atoms with Crippen molar-refractivity contribution < 1.29 is 4.79 Å². The molecule has 1 heterocycles. The highest BCUT2D eigenvalue weighted by Crippen LogP contribution is 2.26. The van der Waals surface area contributed by atoms with Gasteiger partial charge in [0.25, 0.3) is 0 Å². The molecule has 0 aliphatic carbocycles. The summed E-state index contributed by atoms with van der Waals surface area (Å²) >= 11 is 0. The fourth-order valence-electron chi connectivity index (χ4n) is 1.38. The molecule has 1 aliphatic heterocycles. The number of hydrogen-bond acceptors (Lipinski definition) is 2. The molecule has 0 aromatic carbocycles. The number of carbonyl (C=O) groups is 1. The number of nitrogens with zero attached hydrogens (tertiary/aromatic N) is 1. The van der Waals surface area contributed by atoms with Crippen molar-refractivity contribution in [1.29, 1.82) is 0 Å². The molecule has 1 amide bonds. The number of likely N-dealkylation sites (tertiary alicyclic amines) is 1. The van der Waals surface area contributed by atoms with Crippen LogP contribution in [0.2, 0.25) is 0 Å². The van der Waals surface area contributed by atoms with Crippen LogP contribution in [0.15, 0.2) is 0 Å². The van der Waals surface area contributed by atoms with Gasteiger partial charge in [-0.3, -0.25) is 4.79 Å². The molecule has 1 aliphatic rings. The quantitative estimate of drug-likeness (QED) is 0.520. The summed E-state index contributed by atoms with van der Waals surface area (Å²) in [7, 11) is 2.19. The molecule has 66 valence electrons. The van der Waals surface area contributed by atoms with E-state index in [2.05, 4.69) is 31.5 Å². The SMILES string of the molecule is CN1CCC(C)(C)C1.NC=O.